The molecule has 0 bridgehead atoms. The highest BCUT2D eigenvalue weighted by molar-refractivity contribution is 7.17. The van der Waals surface area contributed by atoms with Crippen molar-refractivity contribution in [2.24, 2.45) is 0 Å². The van der Waals surface area contributed by atoms with E-state index in [1.54, 1.807) is 20.0 Å². The second-order valence-corrected chi connectivity index (χ2v) is 5.92. The van der Waals surface area contributed by atoms with Crippen LogP contribution in [-0.2, 0) is 12.1 Å². The highest BCUT2D eigenvalue weighted by Crippen LogP contribution is 2.16. The number of nitrogens with one attached hydrogen (secondary N) is 1. The van der Waals surface area contributed by atoms with Crippen molar-refractivity contribution >= 4 is 21.6 Å². The molecule has 0 aliphatic rings. The summed E-state index contributed by atoms with van der Waals surface area (Å²) in [6.45, 7) is 3.57. The van der Waals surface area contributed by atoms with Crippen molar-refractivity contribution in [3.63, 3.8) is 0 Å². The maximum atomic E-state index is 11.8. The summed E-state index contributed by atoms with van der Waals surface area (Å²) in [5.74, 6) is 0.507. The zero-order chi connectivity index (χ0) is 14.3. The predicted octanol–water partition coefficient (Wildman–Crippen LogP) is 0.852. The van der Waals surface area contributed by atoms with E-state index in [0.717, 1.165) is 0 Å². The topological polar surface area (TPSA) is 96.7 Å². The van der Waals surface area contributed by atoms with Crippen molar-refractivity contribution < 1.29 is 5.11 Å². The van der Waals surface area contributed by atoms with Crippen molar-refractivity contribution in [3.8, 4) is 0 Å². The lowest BCUT2D eigenvalue weighted by Gasteiger charge is -2.11. The third-order valence-electron chi connectivity index (χ3n) is 2.84. The van der Waals surface area contributed by atoms with Crippen molar-refractivity contribution in [2.75, 3.05) is 0 Å². The average Bonchev–Trinajstić information content (AvgIpc) is 2.96. The molecule has 0 saturated heterocycles. The maximum Gasteiger partial charge on any atom is 0.268 e. The average molecular weight is 291 g/mol. The molecule has 3 heterocycles. The second kappa shape index (κ2) is 4.50. The third-order valence-corrected chi connectivity index (χ3v) is 3.74. The Morgan fingerprint density at radius 3 is 3.00 bits per heavy atom. The Morgan fingerprint density at radius 2 is 2.30 bits per heavy atom. The number of hydrogen-bond acceptors (Lipinski definition) is 6. The van der Waals surface area contributed by atoms with Crippen molar-refractivity contribution in [1.29, 1.82) is 0 Å². The Morgan fingerprint density at radius 1 is 1.50 bits per heavy atom. The summed E-state index contributed by atoms with van der Waals surface area (Å²) in [6.07, 6.45) is 1.64. The van der Waals surface area contributed by atoms with Gasteiger partial charge in [0.15, 0.2) is 0 Å². The maximum absolute atomic E-state index is 11.8. The molecule has 3 aromatic rings. The second-order valence-electron chi connectivity index (χ2n) is 5.01. The molecule has 2 N–H and O–H groups in total. The molecule has 3 aromatic heterocycles. The molecule has 0 radical (unpaired) electrons. The molecule has 0 atom stereocenters. The van der Waals surface area contributed by atoms with E-state index in [0.29, 0.717) is 28.3 Å². The Hall–Kier alpha value is -2.06. The molecule has 0 spiro atoms. The van der Waals surface area contributed by atoms with Crippen LogP contribution in [0.1, 0.15) is 25.4 Å². The highest BCUT2D eigenvalue weighted by Gasteiger charge is 2.20. The Balaban J connectivity index is 1.93. The van der Waals surface area contributed by atoms with Gasteiger partial charge < -0.3 is 10.1 Å². The first-order valence-corrected chi connectivity index (χ1v) is 6.91. The number of nitrogens with zero attached hydrogens (tertiary/aromatic N) is 4. The highest BCUT2D eigenvalue weighted by atomic mass is 32.1. The van der Waals surface area contributed by atoms with E-state index < -0.39 is 5.60 Å². The molecule has 0 aliphatic carbocycles. The van der Waals surface area contributed by atoms with Crippen LogP contribution in [0, 0.1) is 0 Å². The number of rotatable bonds is 3. The fraction of sp³-hybridized carbons (Fsp3) is 0.333. The van der Waals surface area contributed by atoms with Gasteiger partial charge in [-0.15, -0.1) is 16.4 Å². The smallest absolute Gasteiger partial charge is 0.268 e. The van der Waals surface area contributed by atoms with E-state index in [9.17, 15) is 9.90 Å². The molecule has 20 heavy (non-hydrogen) atoms. The minimum Gasteiger partial charge on any atom is -0.384 e. The largest absolute Gasteiger partial charge is 0.384 e. The zero-order valence-corrected chi connectivity index (χ0v) is 11.8. The molecule has 7 nitrogen and oxygen atoms in total. The molecular weight excluding hydrogens is 278 g/mol. The summed E-state index contributed by atoms with van der Waals surface area (Å²) < 4.78 is 2.15. The Bertz CT molecular complexity index is 811. The van der Waals surface area contributed by atoms with Gasteiger partial charge >= 0.3 is 0 Å². The van der Waals surface area contributed by atoms with Crippen LogP contribution in [0.3, 0.4) is 0 Å². The first kappa shape index (κ1) is 12.9. The van der Waals surface area contributed by atoms with Crippen molar-refractivity contribution in [2.45, 2.75) is 26.0 Å². The van der Waals surface area contributed by atoms with Crippen LogP contribution in [0.25, 0.3) is 10.2 Å². The molecule has 0 aliphatic heterocycles. The van der Waals surface area contributed by atoms with Crippen LogP contribution in [0.4, 0.5) is 0 Å². The molecule has 0 amide bonds. The summed E-state index contributed by atoms with van der Waals surface area (Å²) in [5, 5.41) is 19.5. The number of thiophene rings is 1. The van der Waals surface area contributed by atoms with Gasteiger partial charge in [-0.05, 0) is 25.3 Å². The molecule has 0 unspecified atom stereocenters. The van der Waals surface area contributed by atoms with E-state index in [1.165, 1.54) is 16.0 Å². The van der Waals surface area contributed by atoms with Crippen molar-refractivity contribution in [1.82, 2.24) is 25.0 Å². The standard InChI is InChI=1S/C12H13N5O2S/c1-12(2,19)8-5-17(16-15-8)6-9-13-7-3-4-20-10(7)11(18)14-9/h3-5,19H,6H2,1-2H3,(H,13,14,18). The van der Waals surface area contributed by atoms with Gasteiger partial charge in [-0.2, -0.15) is 0 Å². The molecule has 0 saturated carbocycles. The molecule has 0 aromatic carbocycles. The fourth-order valence-corrected chi connectivity index (χ4v) is 2.53. The van der Waals surface area contributed by atoms with Crippen LogP contribution in [0.2, 0.25) is 0 Å². The fourth-order valence-electron chi connectivity index (χ4n) is 1.81. The summed E-state index contributed by atoms with van der Waals surface area (Å²) in [5.41, 5.74) is -0.0491. The lowest BCUT2D eigenvalue weighted by Crippen LogP contribution is -2.16. The van der Waals surface area contributed by atoms with Gasteiger partial charge in [-0.1, -0.05) is 5.21 Å². The van der Waals surface area contributed by atoms with Crippen LogP contribution in [-0.4, -0.2) is 30.1 Å². The van der Waals surface area contributed by atoms with Gasteiger partial charge in [-0.3, -0.25) is 4.79 Å². The van der Waals surface area contributed by atoms with Crippen LogP contribution >= 0.6 is 11.3 Å². The predicted molar refractivity (Wildman–Crippen MR) is 74.6 cm³/mol. The monoisotopic (exact) mass is 291 g/mol. The minimum atomic E-state index is -1.05. The SMILES string of the molecule is CC(C)(O)c1cn(Cc2nc3ccsc3c(=O)[nH]2)nn1. The zero-order valence-electron chi connectivity index (χ0n) is 11.0. The number of aromatic amines is 1. The summed E-state index contributed by atoms with van der Waals surface area (Å²) in [4.78, 5) is 18.9. The van der Waals surface area contributed by atoms with E-state index >= 15 is 0 Å². The number of H-pyrrole nitrogens is 1. The lowest BCUT2D eigenvalue weighted by molar-refractivity contribution is 0.0737. The minimum absolute atomic E-state index is 0.150. The van der Waals surface area contributed by atoms with Gasteiger partial charge in [0.2, 0.25) is 0 Å². The van der Waals surface area contributed by atoms with Gasteiger partial charge in [0, 0.05) is 0 Å². The van der Waals surface area contributed by atoms with Crippen LogP contribution < -0.4 is 5.56 Å². The number of hydrogen-bond donors (Lipinski definition) is 2. The van der Waals surface area contributed by atoms with Crippen molar-refractivity contribution in [3.05, 3.63) is 39.5 Å². The number of aromatic nitrogens is 5. The summed E-state index contributed by atoms with van der Waals surface area (Å²) in [6, 6.07) is 1.81. The molecular formula is C12H13N5O2S. The molecule has 3 rings (SSSR count). The first-order chi connectivity index (χ1) is 9.43. The first-order valence-electron chi connectivity index (χ1n) is 6.03. The third kappa shape index (κ3) is 2.35. The van der Waals surface area contributed by atoms with Gasteiger partial charge in [0.1, 0.15) is 28.4 Å². The Labute approximate surface area is 117 Å². The summed E-state index contributed by atoms with van der Waals surface area (Å²) >= 11 is 1.36. The Kier molecular flexibility index (Phi) is 2.91. The molecule has 104 valence electrons. The van der Waals surface area contributed by atoms with E-state index in [2.05, 4.69) is 20.3 Å². The lowest BCUT2D eigenvalue weighted by atomic mass is 10.1. The number of fused-ring (bicyclic) bond motifs is 1. The van der Waals surface area contributed by atoms with Crippen LogP contribution in [0.5, 0.6) is 0 Å². The summed E-state index contributed by atoms with van der Waals surface area (Å²) in [7, 11) is 0. The van der Waals surface area contributed by atoms with E-state index in [1.807, 2.05) is 11.4 Å². The van der Waals surface area contributed by atoms with Gasteiger partial charge in [0.25, 0.3) is 5.56 Å². The quantitative estimate of drug-likeness (QED) is 0.745. The van der Waals surface area contributed by atoms with Gasteiger partial charge in [-0.25, -0.2) is 9.67 Å². The van der Waals surface area contributed by atoms with Gasteiger partial charge in [0.05, 0.1) is 11.7 Å². The normalized spacial score (nSPS) is 12.2. The molecule has 8 heteroatoms. The number of aliphatic hydroxyl groups is 1. The molecule has 0 fully saturated rings. The van der Waals surface area contributed by atoms with Crippen LogP contribution in [0.15, 0.2) is 22.4 Å². The van der Waals surface area contributed by atoms with E-state index in [-0.39, 0.29) is 5.56 Å². The van der Waals surface area contributed by atoms with E-state index in [4.69, 9.17) is 0 Å².